The molecule has 0 bridgehead atoms. The number of hydrogen-bond acceptors (Lipinski definition) is 4. The standard InChI is InChI=1S/C13H15ClN2S2/c1-8-6-16-13(17-8)7-15-10-3-2-4-11-9(10)5-12(14)18-11/h5-6,10,15H,2-4,7H2,1H3. The van der Waals surface area contributed by atoms with Gasteiger partial charge in [-0.1, -0.05) is 11.6 Å². The van der Waals surface area contributed by atoms with Crippen molar-refractivity contribution >= 4 is 34.3 Å². The second-order valence-corrected chi connectivity index (χ2v) is 7.71. The van der Waals surface area contributed by atoms with Gasteiger partial charge < -0.3 is 5.32 Å². The van der Waals surface area contributed by atoms with Crippen LogP contribution in [0.3, 0.4) is 0 Å². The molecule has 96 valence electrons. The van der Waals surface area contributed by atoms with Crippen molar-refractivity contribution in [3.63, 3.8) is 0 Å². The van der Waals surface area contributed by atoms with Gasteiger partial charge in [0.05, 0.1) is 4.34 Å². The molecule has 0 fully saturated rings. The minimum atomic E-state index is 0.446. The van der Waals surface area contributed by atoms with E-state index in [4.69, 9.17) is 11.6 Å². The summed E-state index contributed by atoms with van der Waals surface area (Å²) in [6.07, 6.45) is 5.57. The Morgan fingerprint density at radius 2 is 2.39 bits per heavy atom. The average molecular weight is 299 g/mol. The molecule has 2 aromatic heterocycles. The Bertz CT molecular complexity index is 547. The van der Waals surface area contributed by atoms with Crippen LogP contribution in [0.25, 0.3) is 0 Å². The first-order valence-electron chi connectivity index (χ1n) is 6.15. The van der Waals surface area contributed by atoms with Gasteiger partial charge >= 0.3 is 0 Å². The van der Waals surface area contributed by atoms with Crippen LogP contribution in [0, 0.1) is 6.92 Å². The number of aryl methyl sites for hydroxylation is 2. The highest BCUT2D eigenvalue weighted by molar-refractivity contribution is 7.16. The number of nitrogens with one attached hydrogen (secondary N) is 1. The molecular weight excluding hydrogens is 284 g/mol. The predicted octanol–water partition coefficient (Wildman–Crippen LogP) is 4.33. The van der Waals surface area contributed by atoms with Crippen LogP contribution in [-0.2, 0) is 13.0 Å². The van der Waals surface area contributed by atoms with Crippen LogP contribution in [0.4, 0.5) is 0 Å². The van der Waals surface area contributed by atoms with Crippen molar-refractivity contribution in [2.24, 2.45) is 0 Å². The van der Waals surface area contributed by atoms with E-state index < -0.39 is 0 Å². The largest absolute Gasteiger partial charge is 0.304 e. The fourth-order valence-electron chi connectivity index (χ4n) is 2.43. The number of hydrogen-bond donors (Lipinski definition) is 1. The Morgan fingerprint density at radius 1 is 1.50 bits per heavy atom. The SMILES string of the molecule is Cc1cnc(CNC2CCCc3sc(Cl)cc32)s1. The van der Waals surface area contributed by atoms with Gasteiger partial charge in [-0.05, 0) is 37.8 Å². The summed E-state index contributed by atoms with van der Waals surface area (Å²) >= 11 is 9.62. The molecule has 0 aliphatic heterocycles. The summed E-state index contributed by atoms with van der Waals surface area (Å²) in [4.78, 5) is 7.12. The number of thiophene rings is 1. The van der Waals surface area contributed by atoms with Gasteiger partial charge in [0.2, 0.25) is 0 Å². The molecule has 18 heavy (non-hydrogen) atoms. The molecule has 2 aromatic rings. The van der Waals surface area contributed by atoms with E-state index in [2.05, 4.69) is 23.3 Å². The number of fused-ring (bicyclic) bond motifs is 1. The first kappa shape index (κ1) is 12.6. The summed E-state index contributed by atoms with van der Waals surface area (Å²) in [5.41, 5.74) is 1.41. The van der Waals surface area contributed by atoms with Gasteiger partial charge in [0, 0.05) is 28.5 Å². The van der Waals surface area contributed by atoms with E-state index in [-0.39, 0.29) is 0 Å². The molecule has 0 spiro atoms. The third-order valence-electron chi connectivity index (χ3n) is 3.25. The third-order valence-corrected chi connectivity index (χ3v) is 5.50. The van der Waals surface area contributed by atoms with Crippen LogP contribution >= 0.6 is 34.3 Å². The maximum Gasteiger partial charge on any atom is 0.107 e. The smallest absolute Gasteiger partial charge is 0.107 e. The lowest BCUT2D eigenvalue weighted by molar-refractivity contribution is 0.462. The molecule has 0 aromatic carbocycles. The Kier molecular flexibility index (Phi) is 3.71. The third kappa shape index (κ3) is 2.62. The molecule has 1 aliphatic carbocycles. The maximum atomic E-state index is 6.12. The van der Waals surface area contributed by atoms with E-state index >= 15 is 0 Å². The van der Waals surface area contributed by atoms with Crippen LogP contribution < -0.4 is 5.32 Å². The zero-order valence-corrected chi connectivity index (χ0v) is 12.6. The van der Waals surface area contributed by atoms with Gasteiger partial charge in [0.25, 0.3) is 0 Å². The molecular formula is C13H15ClN2S2. The van der Waals surface area contributed by atoms with E-state index in [0.717, 1.165) is 10.9 Å². The molecule has 1 unspecified atom stereocenters. The normalized spacial score (nSPS) is 18.9. The molecule has 0 radical (unpaired) electrons. The monoisotopic (exact) mass is 298 g/mol. The van der Waals surface area contributed by atoms with Crippen LogP contribution in [-0.4, -0.2) is 4.98 Å². The van der Waals surface area contributed by atoms with Crippen LogP contribution in [0.5, 0.6) is 0 Å². The van der Waals surface area contributed by atoms with E-state index in [0.29, 0.717) is 6.04 Å². The second-order valence-electron chi connectivity index (χ2n) is 4.62. The van der Waals surface area contributed by atoms with Crippen molar-refractivity contribution < 1.29 is 0 Å². The van der Waals surface area contributed by atoms with E-state index in [1.54, 1.807) is 22.7 Å². The number of rotatable bonds is 3. The first-order chi connectivity index (χ1) is 8.72. The zero-order valence-electron chi connectivity index (χ0n) is 10.2. The molecule has 0 amide bonds. The summed E-state index contributed by atoms with van der Waals surface area (Å²) in [6, 6.07) is 2.58. The summed E-state index contributed by atoms with van der Waals surface area (Å²) in [5.74, 6) is 0. The number of aromatic nitrogens is 1. The highest BCUT2D eigenvalue weighted by atomic mass is 35.5. The molecule has 2 nitrogen and oxygen atoms in total. The molecule has 1 atom stereocenters. The molecule has 3 rings (SSSR count). The molecule has 2 heterocycles. The predicted molar refractivity (Wildman–Crippen MR) is 78.7 cm³/mol. The molecule has 1 aliphatic rings. The highest BCUT2D eigenvalue weighted by Crippen LogP contribution is 2.37. The van der Waals surface area contributed by atoms with E-state index in [9.17, 15) is 0 Å². The van der Waals surface area contributed by atoms with Crippen LogP contribution in [0.2, 0.25) is 4.34 Å². The number of nitrogens with zero attached hydrogens (tertiary/aromatic N) is 1. The van der Waals surface area contributed by atoms with Gasteiger partial charge in [-0.3, -0.25) is 0 Å². The van der Waals surface area contributed by atoms with Crippen LogP contribution in [0.1, 0.15) is 39.2 Å². The maximum absolute atomic E-state index is 6.12. The lowest BCUT2D eigenvalue weighted by Crippen LogP contribution is -2.23. The highest BCUT2D eigenvalue weighted by Gasteiger charge is 2.22. The lowest BCUT2D eigenvalue weighted by Gasteiger charge is -2.23. The molecule has 0 saturated heterocycles. The number of halogens is 1. The lowest BCUT2D eigenvalue weighted by atomic mass is 9.94. The quantitative estimate of drug-likeness (QED) is 0.912. The molecule has 5 heteroatoms. The van der Waals surface area contributed by atoms with Gasteiger partial charge in [0.1, 0.15) is 5.01 Å². The molecule has 1 N–H and O–H groups in total. The second kappa shape index (κ2) is 5.29. The van der Waals surface area contributed by atoms with Gasteiger partial charge in [-0.15, -0.1) is 22.7 Å². The van der Waals surface area contributed by atoms with Crippen LogP contribution in [0.15, 0.2) is 12.3 Å². The average Bonchev–Trinajstić information content (AvgIpc) is 2.91. The van der Waals surface area contributed by atoms with Crippen molar-refractivity contribution in [1.82, 2.24) is 10.3 Å². The Morgan fingerprint density at radius 3 is 3.17 bits per heavy atom. The summed E-state index contributed by atoms with van der Waals surface area (Å²) in [7, 11) is 0. The molecule has 0 saturated carbocycles. The summed E-state index contributed by atoms with van der Waals surface area (Å²) in [5, 5.41) is 4.78. The van der Waals surface area contributed by atoms with Crippen molar-refractivity contribution in [2.75, 3.05) is 0 Å². The number of thiazole rings is 1. The Labute approximate surface area is 120 Å². The fraction of sp³-hybridized carbons (Fsp3) is 0.462. The fourth-order valence-corrected chi connectivity index (χ4v) is 4.55. The van der Waals surface area contributed by atoms with E-state index in [1.807, 2.05) is 6.20 Å². The Hall–Kier alpha value is -0.420. The van der Waals surface area contributed by atoms with Crippen molar-refractivity contribution in [3.8, 4) is 0 Å². The van der Waals surface area contributed by atoms with Gasteiger partial charge in [0.15, 0.2) is 0 Å². The first-order valence-corrected chi connectivity index (χ1v) is 8.16. The van der Waals surface area contributed by atoms with E-state index in [1.165, 1.54) is 39.6 Å². The Balaban J connectivity index is 1.70. The van der Waals surface area contributed by atoms with Gasteiger partial charge in [-0.25, -0.2) is 4.98 Å². The zero-order chi connectivity index (χ0) is 12.5. The van der Waals surface area contributed by atoms with Crippen molar-refractivity contribution in [3.05, 3.63) is 36.9 Å². The topological polar surface area (TPSA) is 24.9 Å². The summed E-state index contributed by atoms with van der Waals surface area (Å²) in [6.45, 7) is 2.95. The minimum Gasteiger partial charge on any atom is -0.304 e. The van der Waals surface area contributed by atoms with Crippen molar-refractivity contribution in [1.29, 1.82) is 0 Å². The minimum absolute atomic E-state index is 0.446. The summed E-state index contributed by atoms with van der Waals surface area (Å²) < 4.78 is 0.916. The van der Waals surface area contributed by atoms with Gasteiger partial charge in [-0.2, -0.15) is 0 Å². The van der Waals surface area contributed by atoms with Crippen molar-refractivity contribution in [2.45, 2.75) is 38.8 Å².